The molecule has 1 atom stereocenters. The summed E-state index contributed by atoms with van der Waals surface area (Å²) in [5, 5.41) is 27.6. The molecule has 0 radical (unpaired) electrons. The number of aryl methyl sites for hydroxylation is 1. The maximum atomic E-state index is 13.6. The van der Waals surface area contributed by atoms with Crippen LogP contribution in [0.2, 0.25) is 0 Å². The molecule has 1 fully saturated rings. The summed E-state index contributed by atoms with van der Waals surface area (Å²) >= 11 is 1.25. The molecule has 2 aromatic carbocycles. The highest BCUT2D eigenvalue weighted by Crippen LogP contribution is 2.34. The molecule has 12 heteroatoms. The molecule has 1 aromatic heterocycles. The average Bonchev–Trinajstić information content (AvgIpc) is 3.44. The van der Waals surface area contributed by atoms with E-state index in [9.17, 15) is 28.3 Å². The van der Waals surface area contributed by atoms with E-state index >= 15 is 0 Å². The third-order valence-electron chi connectivity index (χ3n) is 6.42. The number of nitrogens with zero attached hydrogens (tertiary/aromatic N) is 5. The number of aromatic nitrogens is 2. The van der Waals surface area contributed by atoms with Gasteiger partial charge in [-0.05, 0) is 54.1 Å². The van der Waals surface area contributed by atoms with Crippen molar-refractivity contribution in [1.29, 1.82) is 5.26 Å². The Balaban J connectivity index is 1.42. The van der Waals surface area contributed by atoms with Crippen molar-refractivity contribution >= 4 is 39.8 Å². The number of nitriles is 1. The summed E-state index contributed by atoms with van der Waals surface area (Å²) in [4.78, 5) is 19.1. The predicted molar refractivity (Wildman–Crippen MR) is 138 cm³/mol. The van der Waals surface area contributed by atoms with E-state index in [0.29, 0.717) is 51.7 Å². The number of aliphatic hydroxyl groups excluding tert-OH is 1. The molecular weight excluding hydrogens is 517 g/mol. The minimum Gasteiger partial charge on any atom is -0.395 e. The van der Waals surface area contributed by atoms with E-state index in [0.717, 1.165) is 6.07 Å². The van der Waals surface area contributed by atoms with Crippen LogP contribution < -0.4 is 5.32 Å². The minimum absolute atomic E-state index is 0.0125. The molecule has 0 bridgehead atoms. The van der Waals surface area contributed by atoms with Crippen molar-refractivity contribution in [3.8, 4) is 6.07 Å². The Morgan fingerprint density at radius 2 is 2.11 bits per heavy atom. The van der Waals surface area contributed by atoms with Crippen molar-refractivity contribution < 1.29 is 23.1 Å². The molecule has 38 heavy (non-hydrogen) atoms. The lowest BCUT2D eigenvalue weighted by Gasteiger charge is -2.33. The third-order valence-corrected chi connectivity index (χ3v) is 7.47. The SMILES string of the molecule is Cc1ccc(Cn2nc(C#N)c3cc(/C=C4\SC(N5CCN[C@@H](CO)C5)=NC4=O)ccc32)c(C(F)(F)F)c1. The fourth-order valence-corrected chi connectivity index (χ4v) is 5.50. The molecule has 0 spiro atoms. The Labute approximate surface area is 220 Å². The zero-order valence-electron chi connectivity index (χ0n) is 20.3. The van der Waals surface area contributed by atoms with E-state index in [1.54, 1.807) is 37.3 Å². The zero-order valence-corrected chi connectivity index (χ0v) is 21.1. The molecule has 0 aliphatic carbocycles. The number of benzene rings is 2. The number of fused-ring (bicyclic) bond motifs is 1. The number of thioether (sulfide) groups is 1. The number of carbonyl (C=O) groups is 1. The Morgan fingerprint density at radius 1 is 1.29 bits per heavy atom. The van der Waals surface area contributed by atoms with Crippen LogP contribution >= 0.6 is 11.8 Å². The number of amides is 1. The molecular formula is C26H23F3N6O2S. The molecule has 196 valence electrons. The van der Waals surface area contributed by atoms with Gasteiger partial charge in [-0.15, -0.1) is 0 Å². The van der Waals surface area contributed by atoms with Crippen LogP contribution in [0.15, 0.2) is 46.3 Å². The summed E-state index contributed by atoms with van der Waals surface area (Å²) < 4.78 is 42.3. The van der Waals surface area contributed by atoms with Gasteiger partial charge in [0.1, 0.15) is 6.07 Å². The fourth-order valence-electron chi connectivity index (χ4n) is 4.55. The number of hydrogen-bond donors (Lipinski definition) is 2. The van der Waals surface area contributed by atoms with Crippen LogP contribution in [0.1, 0.15) is 27.9 Å². The van der Waals surface area contributed by atoms with Crippen LogP contribution in [0.4, 0.5) is 13.2 Å². The van der Waals surface area contributed by atoms with E-state index in [4.69, 9.17) is 0 Å². The van der Waals surface area contributed by atoms with Crippen LogP contribution in [-0.4, -0.2) is 63.1 Å². The lowest BCUT2D eigenvalue weighted by molar-refractivity contribution is -0.138. The first kappa shape index (κ1) is 26.0. The number of amidine groups is 1. The smallest absolute Gasteiger partial charge is 0.395 e. The second kappa shape index (κ2) is 10.2. The second-order valence-electron chi connectivity index (χ2n) is 9.14. The molecule has 2 N–H and O–H groups in total. The van der Waals surface area contributed by atoms with Crippen molar-refractivity contribution in [3.63, 3.8) is 0 Å². The van der Waals surface area contributed by atoms with Gasteiger partial charge < -0.3 is 15.3 Å². The second-order valence-corrected chi connectivity index (χ2v) is 10.2. The highest BCUT2D eigenvalue weighted by molar-refractivity contribution is 8.18. The summed E-state index contributed by atoms with van der Waals surface area (Å²) in [6, 6.07) is 11.2. The number of aliphatic hydroxyl groups is 1. The van der Waals surface area contributed by atoms with E-state index in [2.05, 4.69) is 15.4 Å². The Morgan fingerprint density at radius 3 is 2.84 bits per heavy atom. The van der Waals surface area contributed by atoms with Crippen LogP contribution in [0, 0.1) is 18.3 Å². The number of rotatable bonds is 4. The van der Waals surface area contributed by atoms with Gasteiger partial charge in [-0.25, -0.2) is 0 Å². The summed E-state index contributed by atoms with van der Waals surface area (Å²) in [6.07, 6.45) is -2.84. The molecule has 2 aliphatic rings. The van der Waals surface area contributed by atoms with Crippen molar-refractivity contribution in [1.82, 2.24) is 20.0 Å². The Kier molecular flexibility index (Phi) is 7.00. The van der Waals surface area contributed by atoms with E-state index in [1.807, 2.05) is 11.0 Å². The number of halogens is 3. The number of carbonyl (C=O) groups excluding carboxylic acids is 1. The van der Waals surface area contributed by atoms with Gasteiger partial charge in [0.2, 0.25) is 0 Å². The largest absolute Gasteiger partial charge is 0.416 e. The maximum absolute atomic E-state index is 13.6. The molecule has 0 unspecified atom stereocenters. The van der Waals surface area contributed by atoms with Gasteiger partial charge >= 0.3 is 6.18 Å². The first-order chi connectivity index (χ1) is 18.2. The molecule has 3 heterocycles. The summed E-state index contributed by atoms with van der Waals surface area (Å²) in [6.45, 7) is 3.30. The van der Waals surface area contributed by atoms with Crippen molar-refractivity contribution in [2.45, 2.75) is 25.7 Å². The summed E-state index contributed by atoms with van der Waals surface area (Å²) in [7, 11) is 0. The normalized spacial score (nSPS) is 19.3. The van der Waals surface area contributed by atoms with Gasteiger partial charge in [0, 0.05) is 31.1 Å². The van der Waals surface area contributed by atoms with Crippen LogP contribution in [0.3, 0.4) is 0 Å². The Bertz CT molecular complexity index is 1520. The number of aliphatic imine (C=N–C) groups is 1. The third kappa shape index (κ3) is 5.18. The molecule has 0 saturated carbocycles. The molecule has 8 nitrogen and oxygen atoms in total. The van der Waals surface area contributed by atoms with Gasteiger partial charge in [-0.2, -0.15) is 28.5 Å². The van der Waals surface area contributed by atoms with Gasteiger partial charge in [-0.3, -0.25) is 9.48 Å². The minimum atomic E-state index is -4.52. The zero-order chi connectivity index (χ0) is 27.0. The van der Waals surface area contributed by atoms with Crippen molar-refractivity contribution in [2.75, 3.05) is 26.2 Å². The predicted octanol–water partition coefficient (Wildman–Crippen LogP) is 3.52. The van der Waals surface area contributed by atoms with Gasteiger partial charge in [0.15, 0.2) is 10.9 Å². The van der Waals surface area contributed by atoms with Gasteiger partial charge in [-0.1, -0.05) is 23.8 Å². The summed E-state index contributed by atoms with van der Waals surface area (Å²) in [5.74, 6) is -0.376. The van der Waals surface area contributed by atoms with E-state index in [1.165, 1.54) is 22.5 Å². The monoisotopic (exact) mass is 540 g/mol. The number of hydrogen-bond acceptors (Lipinski definition) is 7. The number of alkyl halides is 3. The van der Waals surface area contributed by atoms with Crippen molar-refractivity contribution in [3.05, 3.63) is 69.3 Å². The topological polar surface area (TPSA) is 107 Å². The van der Waals surface area contributed by atoms with Crippen LogP contribution in [-0.2, 0) is 17.5 Å². The lowest BCUT2D eigenvalue weighted by atomic mass is 10.0. The van der Waals surface area contributed by atoms with E-state index in [-0.39, 0.29) is 36.4 Å². The number of nitrogens with one attached hydrogen (secondary N) is 1. The average molecular weight is 541 g/mol. The molecule has 1 amide bonds. The molecule has 1 saturated heterocycles. The van der Waals surface area contributed by atoms with Crippen LogP contribution in [0.5, 0.6) is 0 Å². The number of piperazine rings is 1. The highest BCUT2D eigenvalue weighted by atomic mass is 32.2. The quantitative estimate of drug-likeness (QED) is 0.488. The summed E-state index contributed by atoms with van der Waals surface area (Å²) in [5.41, 5.74) is 1.05. The highest BCUT2D eigenvalue weighted by Gasteiger charge is 2.34. The first-order valence-corrected chi connectivity index (χ1v) is 12.7. The lowest BCUT2D eigenvalue weighted by Crippen LogP contribution is -2.53. The van der Waals surface area contributed by atoms with Gasteiger partial charge in [0.05, 0.1) is 29.1 Å². The standard InChI is InChI=1S/C26H23F3N6O2S/c1-15-2-4-17(20(8-15)26(27,28)29)12-35-22-5-3-16(9-19(22)21(11-30)33-35)10-23-24(37)32-25(38-23)34-7-6-31-18(13-34)14-36/h2-5,8-10,18,31,36H,6-7,12-14H2,1H3/b23-10-/t18-/m1/s1. The maximum Gasteiger partial charge on any atom is 0.416 e. The fraction of sp³-hybridized carbons (Fsp3) is 0.308. The molecule has 3 aromatic rings. The first-order valence-electron chi connectivity index (χ1n) is 11.9. The molecule has 2 aliphatic heterocycles. The molecule has 5 rings (SSSR count). The van der Waals surface area contributed by atoms with E-state index < -0.39 is 11.7 Å². The van der Waals surface area contributed by atoms with Gasteiger partial charge in [0.25, 0.3) is 5.91 Å². The van der Waals surface area contributed by atoms with Crippen molar-refractivity contribution in [2.24, 2.45) is 4.99 Å². The van der Waals surface area contributed by atoms with Crippen LogP contribution in [0.25, 0.3) is 17.0 Å². The Hall–Kier alpha value is -3.66.